The number of methoxy groups -OCH3 is 1. The third-order valence-corrected chi connectivity index (χ3v) is 3.65. The molecule has 122 valence electrons. The molecular formula is C18H16N2O4. The third kappa shape index (κ3) is 3.41. The van der Waals surface area contributed by atoms with Crippen molar-refractivity contribution in [2.75, 3.05) is 19.0 Å². The molecule has 6 nitrogen and oxygen atoms in total. The molecule has 0 aromatic heterocycles. The topological polar surface area (TPSA) is 80.6 Å². The van der Waals surface area contributed by atoms with Gasteiger partial charge in [-0.2, -0.15) is 5.26 Å². The Morgan fingerprint density at radius 3 is 2.62 bits per heavy atom. The van der Waals surface area contributed by atoms with Gasteiger partial charge in [0.05, 0.1) is 25.3 Å². The van der Waals surface area contributed by atoms with Crippen molar-refractivity contribution in [1.29, 1.82) is 5.26 Å². The van der Waals surface area contributed by atoms with Crippen LogP contribution in [0.4, 0.5) is 5.69 Å². The van der Waals surface area contributed by atoms with Gasteiger partial charge in [0, 0.05) is 18.2 Å². The summed E-state index contributed by atoms with van der Waals surface area (Å²) >= 11 is 0. The van der Waals surface area contributed by atoms with Crippen molar-refractivity contribution in [2.24, 2.45) is 0 Å². The average molecular weight is 324 g/mol. The molecule has 3 rings (SSSR count). The minimum Gasteiger partial charge on any atom is -0.493 e. The molecule has 0 saturated carbocycles. The Kier molecular flexibility index (Phi) is 4.52. The van der Waals surface area contributed by atoms with Crippen molar-refractivity contribution >= 4 is 11.7 Å². The van der Waals surface area contributed by atoms with Gasteiger partial charge in [-0.25, -0.2) is 4.79 Å². The molecule has 6 heteroatoms. The van der Waals surface area contributed by atoms with Gasteiger partial charge in [0.2, 0.25) is 0 Å². The van der Waals surface area contributed by atoms with E-state index in [1.54, 1.807) is 30.3 Å². The molecule has 0 spiro atoms. The summed E-state index contributed by atoms with van der Waals surface area (Å²) in [5.74, 6) is 1.41. The maximum absolute atomic E-state index is 11.5. The fourth-order valence-corrected chi connectivity index (χ4v) is 2.40. The van der Waals surface area contributed by atoms with Crippen LogP contribution in [0, 0.1) is 11.3 Å². The zero-order valence-corrected chi connectivity index (χ0v) is 13.1. The zero-order chi connectivity index (χ0) is 16.9. The van der Waals surface area contributed by atoms with Crippen LogP contribution >= 0.6 is 0 Å². The predicted molar refractivity (Wildman–Crippen MR) is 87.2 cm³/mol. The number of nitriles is 1. The molecule has 1 heterocycles. The largest absolute Gasteiger partial charge is 0.493 e. The molecular weight excluding hydrogens is 308 g/mol. The Labute approximate surface area is 139 Å². The summed E-state index contributed by atoms with van der Waals surface area (Å²) in [5.41, 5.74) is 1.32. The van der Waals surface area contributed by atoms with Crippen LogP contribution in [0.5, 0.6) is 17.2 Å². The zero-order valence-electron chi connectivity index (χ0n) is 13.1. The van der Waals surface area contributed by atoms with Crippen LogP contribution < -0.4 is 14.8 Å². The number of hydrogen-bond donors (Lipinski definition) is 1. The number of hydrogen-bond acceptors (Lipinski definition) is 6. The smallest absolute Gasteiger partial charge is 0.328 e. The second kappa shape index (κ2) is 6.92. The number of nitrogens with one attached hydrogen (secondary N) is 1. The van der Waals surface area contributed by atoms with E-state index in [2.05, 4.69) is 11.4 Å². The Morgan fingerprint density at radius 2 is 2.00 bits per heavy atom. The standard InChI is InChI=1S/C18H16N2O4/c1-22-17-10-12(11-19)2-7-16(17)24-14-5-3-13(4-6-14)20-15-8-9-23-18(15)21/h2-7,10,15,20H,8-9H2,1H3/t15-/m0/s1. The quantitative estimate of drug-likeness (QED) is 0.851. The molecule has 24 heavy (non-hydrogen) atoms. The van der Waals surface area contributed by atoms with E-state index < -0.39 is 0 Å². The van der Waals surface area contributed by atoms with Gasteiger partial charge in [0.25, 0.3) is 0 Å². The minimum absolute atomic E-state index is 0.224. The molecule has 0 unspecified atom stereocenters. The van der Waals surface area contributed by atoms with Crippen LogP contribution in [0.15, 0.2) is 42.5 Å². The number of ether oxygens (including phenoxy) is 3. The maximum Gasteiger partial charge on any atom is 0.328 e. The third-order valence-electron chi connectivity index (χ3n) is 3.65. The van der Waals surface area contributed by atoms with Crippen LogP contribution in [-0.2, 0) is 9.53 Å². The molecule has 0 bridgehead atoms. The van der Waals surface area contributed by atoms with Crippen LogP contribution in [0.25, 0.3) is 0 Å². The van der Waals surface area contributed by atoms with Crippen molar-refractivity contribution in [3.8, 4) is 23.3 Å². The highest BCUT2D eigenvalue weighted by molar-refractivity contribution is 5.80. The van der Waals surface area contributed by atoms with Crippen molar-refractivity contribution in [1.82, 2.24) is 0 Å². The molecule has 1 aliphatic rings. The lowest BCUT2D eigenvalue weighted by molar-refractivity contribution is -0.138. The van der Waals surface area contributed by atoms with E-state index in [1.807, 2.05) is 12.1 Å². The Bertz CT molecular complexity index is 781. The van der Waals surface area contributed by atoms with Crippen molar-refractivity contribution < 1.29 is 19.0 Å². The molecule has 2 aromatic carbocycles. The van der Waals surface area contributed by atoms with E-state index >= 15 is 0 Å². The van der Waals surface area contributed by atoms with Gasteiger partial charge in [0.1, 0.15) is 11.8 Å². The molecule has 0 amide bonds. The second-order valence-corrected chi connectivity index (χ2v) is 5.26. The first-order valence-electron chi connectivity index (χ1n) is 7.49. The van der Waals surface area contributed by atoms with E-state index in [1.165, 1.54) is 7.11 Å². The van der Waals surface area contributed by atoms with Gasteiger partial charge in [-0.15, -0.1) is 0 Å². The Hall–Kier alpha value is -3.20. The van der Waals surface area contributed by atoms with Gasteiger partial charge in [-0.1, -0.05) is 0 Å². The Balaban J connectivity index is 1.70. The van der Waals surface area contributed by atoms with Gasteiger partial charge < -0.3 is 19.5 Å². The van der Waals surface area contributed by atoms with E-state index in [0.29, 0.717) is 35.8 Å². The van der Waals surface area contributed by atoms with Gasteiger partial charge in [0.15, 0.2) is 11.5 Å². The van der Waals surface area contributed by atoms with Crippen molar-refractivity contribution in [3.63, 3.8) is 0 Å². The first kappa shape index (κ1) is 15.7. The maximum atomic E-state index is 11.5. The highest BCUT2D eigenvalue weighted by Crippen LogP contribution is 2.32. The number of nitrogens with zero attached hydrogens (tertiary/aromatic N) is 1. The highest BCUT2D eigenvalue weighted by Gasteiger charge is 2.25. The van der Waals surface area contributed by atoms with Gasteiger partial charge in [-0.05, 0) is 36.4 Å². The van der Waals surface area contributed by atoms with Crippen LogP contribution in [0.2, 0.25) is 0 Å². The van der Waals surface area contributed by atoms with Crippen molar-refractivity contribution in [2.45, 2.75) is 12.5 Å². The summed E-state index contributed by atoms with van der Waals surface area (Å²) in [4.78, 5) is 11.5. The molecule has 0 aliphatic carbocycles. The lowest BCUT2D eigenvalue weighted by atomic mass is 10.2. The van der Waals surface area contributed by atoms with E-state index in [4.69, 9.17) is 19.5 Å². The molecule has 1 fully saturated rings. The molecule has 0 radical (unpaired) electrons. The Morgan fingerprint density at radius 1 is 1.21 bits per heavy atom. The fourth-order valence-electron chi connectivity index (χ4n) is 2.40. The van der Waals surface area contributed by atoms with Gasteiger partial charge in [-0.3, -0.25) is 0 Å². The number of anilines is 1. The molecule has 1 aliphatic heterocycles. The minimum atomic E-state index is -0.296. The highest BCUT2D eigenvalue weighted by atomic mass is 16.5. The van der Waals surface area contributed by atoms with E-state index in [9.17, 15) is 4.79 Å². The van der Waals surface area contributed by atoms with Crippen LogP contribution in [0.3, 0.4) is 0 Å². The lowest BCUT2D eigenvalue weighted by Gasteiger charge is -2.13. The first-order valence-corrected chi connectivity index (χ1v) is 7.49. The number of carbonyl (C=O) groups excluding carboxylic acids is 1. The molecule has 1 atom stereocenters. The lowest BCUT2D eigenvalue weighted by Crippen LogP contribution is -2.24. The summed E-state index contributed by atoms with van der Waals surface area (Å²) in [7, 11) is 1.52. The van der Waals surface area contributed by atoms with E-state index in [0.717, 1.165) is 5.69 Å². The monoisotopic (exact) mass is 324 g/mol. The average Bonchev–Trinajstić information content (AvgIpc) is 3.01. The summed E-state index contributed by atoms with van der Waals surface area (Å²) in [6.45, 7) is 0.455. The summed E-state index contributed by atoms with van der Waals surface area (Å²) in [6.07, 6.45) is 0.666. The van der Waals surface area contributed by atoms with Crippen LogP contribution in [-0.4, -0.2) is 25.7 Å². The number of rotatable bonds is 5. The number of cyclic esters (lactones) is 1. The van der Waals surface area contributed by atoms with Crippen LogP contribution in [0.1, 0.15) is 12.0 Å². The number of carbonyl (C=O) groups is 1. The van der Waals surface area contributed by atoms with Crippen molar-refractivity contribution in [3.05, 3.63) is 48.0 Å². The SMILES string of the molecule is COc1cc(C#N)ccc1Oc1ccc(N[C@H]2CCOC2=O)cc1. The summed E-state index contributed by atoms with van der Waals surface area (Å²) in [5, 5.41) is 12.0. The predicted octanol–water partition coefficient (Wildman–Crippen LogP) is 3.09. The molecule has 1 saturated heterocycles. The number of benzene rings is 2. The summed E-state index contributed by atoms with van der Waals surface area (Å²) < 4.78 is 16.0. The fraction of sp³-hybridized carbons (Fsp3) is 0.222. The number of esters is 1. The summed E-state index contributed by atoms with van der Waals surface area (Å²) in [6, 6.07) is 14.0. The molecule has 2 aromatic rings. The van der Waals surface area contributed by atoms with E-state index in [-0.39, 0.29) is 12.0 Å². The normalized spacial score (nSPS) is 16.2. The van der Waals surface area contributed by atoms with Gasteiger partial charge >= 0.3 is 5.97 Å². The first-order chi connectivity index (χ1) is 11.7. The molecule has 1 N–H and O–H groups in total. The second-order valence-electron chi connectivity index (χ2n) is 5.26.